The third-order valence-electron chi connectivity index (χ3n) is 4.33. The number of rotatable bonds is 6. The van der Waals surface area contributed by atoms with Crippen molar-refractivity contribution in [2.75, 3.05) is 23.9 Å². The fourth-order valence-electron chi connectivity index (χ4n) is 2.85. The van der Waals surface area contributed by atoms with Gasteiger partial charge in [-0.15, -0.1) is 0 Å². The quantitative estimate of drug-likeness (QED) is 0.635. The van der Waals surface area contributed by atoms with Crippen LogP contribution in [0, 0.1) is 6.92 Å². The van der Waals surface area contributed by atoms with E-state index in [2.05, 4.69) is 15.3 Å². The monoisotopic (exact) mass is 416 g/mol. The molecule has 0 atom stereocenters. The first-order valence-corrected chi connectivity index (χ1v) is 10.9. The van der Waals surface area contributed by atoms with Crippen molar-refractivity contribution in [3.63, 3.8) is 0 Å². The summed E-state index contributed by atoms with van der Waals surface area (Å²) in [4.78, 5) is 8.85. The average Bonchev–Trinajstić information content (AvgIpc) is 2.63. The Morgan fingerprint density at radius 1 is 1.11 bits per heavy atom. The lowest BCUT2D eigenvalue weighted by atomic mass is 10.1. The molecule has 28 heavy (non-hydrogen) atoms. The van der Waals surface area contributed by atoms with Crippen molar-refractivity contribution in [1.29, 1.82) is 0 Å². The molecule has 0 aliphatic rings. The second-order valence-electron chi connectivity index (χ2n) is 6.51. The smallest absolute Gasteiger partial charge is 0.222 e. The van der Waals surface area contributed by atoms with Crippen molar-refractivity contribution in [3.8, 4) is 11.3 Å². The van der Waals surface area contributed by atoms with E-state index in [1.807, 2.05) is 37.3 Å². The zero-order valence-electron chi connectivity index (χ0n) is 15.6. The Labute approximate surface area is 169 Å². The molecule has 3 rings (SSSR count). The fraction of sp³-hybridized carbons (Fsp3) is 0.200. The molecule has 0 saturated heterocycles. The van der Waals surface area contributed by atoms with Gasteiger partial charge in [0, 0.05) is 29.5 Å². The number of nitrogens with zero attached hydrogens (tertiary/aromatic N) is 2. The van der Waals surface area contributed by atoms with Gasteiger partial charge in [0.2, 0.25) is 5.95 Å². The summed E-state index contributed by atoms with van der Waals surface area (Å²) in [5.41, 5.74) is 9.30. The Morgan fingerprint density at radius 2 is 1.86 bits per heavy atom. The maximum absolute atomic E-state index is 11.7. The first-order valence-electron chi connectivity index (χ1n) is 8.67. The van der Waals surface area contributed by atoms with E-state index >= 15 is 0 Å². The maximum Gasteiger partial charge on any atom is 0.222 e. The van der Waals surface area contributed by atoms with E-state index in [1.54, 1.807) is 18.2 Å². The molecule has 3 aromatic rings. The van der Waals surface area contributed by atoms with Crippen LogP contribution in [0.4, 0.5) is 11.8 Å². The number of halogens is 1. The van der Waals surface area contributed by atoms with Gasteiger partial charge in [-0.05, 0) is 42.7 Å². The van der Waals surface area contributed by atoms with Crippen molar-refractivity contribution in [1.82, 2.24) is 9.97 Å². The minimum atomic E-state index is -3.22. The van der Waals surface area contributed by atoms with Crippen LogP contribution in [-0.4, -0.2) is 31.2 Å². The summed E-state index contributed by atoms with van der Waals surface area (Å²) in [6.45, 7) is 2.50. The highest BCUT2D eigenvalue weighted by Crippen LogP contribution is 2.28. The molecule has 0 aliphatic heterocycles. The van der Waals surface area contributed by atoms with E-state index in [1.165, 1.54) is 6.26 Å². The highest BCUT2D eigenvalue weighted by atomic mass is 35.5. The SMILES string of the molecule is Cc1c(Cl)cccc1-c1cc(NCCc2cccc(S(C)(=O)=O)c2)nc(N)n1. The number of anilines is 2. The summed E-state index contributed by atoms with van der Waals surface area (Å²) in [7, 11) is -3.22. The lowest BCUT2D eigenvalue weighted by molar-refractivity contribution is 0.601. The summed E-state index contributed by atoms with van der Waals surface area (Å²) < 4.78 is 23.4. The summed E-state index contributed by atoms with van der Waals surface area (Å²) in [6.07, 6.45) is 1.84. The van der Waals surface area contributed by atoms with Gasteiger partial charge in [0.25, 0.3) is 0 Å². The second-order valence-corrected chi connectivity index (χ2v) is 8.93. The highest BCUT2D eigenvalue weighted by Gasteiger charge is 2.10. The molecular formula is C20H21ClN4O2S. The molecule has 1 heterocycles. The van der Waals surface area contributed by atoms with Crippen LogP contribution < -0.4 is 11.1 Å². The van der Waals surface area contributed by atoms with Gasteiger partial charge in [0.1, 0.15) is 5.82 Å². The maximum atomic E-state index is 11.7. The number of aromatic nitrogens is 2. The number of hydrogen-bond donors (Lipinski definition) is 2. The van der Waals surface area contributed by atoms with Crippen LogP contribution in [0.5, 0.6) is 0 Å². The summed E-state index contributed by atoms with van der Waals surface area (Å²) in [6, 6.07) is 14.4. The van der Waals surface area contributed by atoms with E-state index in [9.17, 15) is 8.42 Å². The number of benzene rings is 2. The predicted molar refractivity (Wildman–Crippen MR) is 113 cm³/mol. The minimum Gasteiger partial charge on any atom is -0.370 e. The highest BCUT2D eigenvalue weighted by molar-refractivity contribution is 7.90. The number of nitrogens with two attached hydrogens (primary N) is 1. The molecule has 3 N–H and O–H groups in total. The van der Waals surface area contributed by atoms with Gasteiger partial charge in [-0.25, -0.2) is 13.4 Å². The minimum absolute atomic E-state index is 0.165. The third-order valence-corrected chi connectivity index (χ3v) is 5.85. The van der Waals surface area contributed by atoms with E-state index in [0.29, 0.717) is 34.4 Å². The van der Waals surface area contributed by atoms with Gasteiger partial charge < -0.3 is 11.1 Å². The first-order chi connectivity index (χ1) is 13.2. The molecular weight excluding hydrogens is 396 g/mol. The van der Waals surface area contributed by atoms with Crippen molar-refractivity contribution < 1.29 is 8.42 Å². The second kappa shape index (κ2) is 8.16. The molecule has 0 bridgehead atoms. The molecule has 0 spiro atoms. The van der Waals surface area contributed by atoms with Crippen molar-refractivity contribution in [3.05, 3.63) is 64.7 Å². The molecule has 0 saturated carbocycles. The Bertz CT molecular complexity index is 1120. The molecule has 0 amide bonds. The molecule has 0 aliphatic carbocycles. The van der Waals surface area contributed by atoms with Crippen LogP contribution >= 0.6 is 11.6 Å². The zero-order chi connectivity index (χ0) is 20.3. The normalized spacial score (nSPS) is 11.4. The summed E-state index contributed by atoms with van der Waals surface area (Å²) in [5.74, 6) is 0.764. The van der Waals surface area contributed by atoms with E-state index in [4.69, 9.17) is 17.3 Å². The standard InChI is InChI=1S/C20H21ClN4O2S/c1-13-16(7-4-8-17(13)21)18-12-19(25-20(22)24-18)23-10-9-14-5-3-6-15(11-14)28(2,26)27/h3-8,11-12H,9-10H2,1-2H3,(H3,22,23,24,25). The van der Waals surface area contributed by atoms with E-state index < -0.39 is 9.84 Å². The molecule has 2 aromatic carbocycles. The Balaban J connectivity index is 1.75. The summed E-state index contributed by atoms with van der Waals surface area (Å²) >= 11 is 6.21. The van der Waals surface area contributed by atoms with E-state index in [-0.39, 0.29) is 5.95 Å². The number of sulfone groups is 1. The van der Waals surface area contributed by atoms with Gasteiger partial charge in [0.05, 0.1) is 10.6 Å². The van der Waals surface area contributed by atoms with Crippen molar-refractivity contribution >= 4 is 33.2 Å². The topological polar surface area (TPSA) is 98.0 Å². The van der Waals surface area contributed by atoms with Gasteiger partial charge in [-0.1, -0.05) is 35.9 Å². The molecule has 0 radical (unpaired) electrons. The molecule has 146 valence electrons. The van der Waals surface area contributed by atoms with Crippen molar-refractivity contribution in [2.24, 2.45) is 0 Å². The van der Waals surface area contributed by atoms with E-state index in [0.717, 1.165) is 16.7 Å². The molecule has 0 fully saturated rings. The molecule has 0 unspecified atom stereocenters. The van der Waals surface area contributed by atoms with Gasteiger partial charge in [-0.2, -0.15) is 4.98 Å². The lowest BCUT2D eigenvalue weighted by Gasteiger charge is -2.11. The number of nitrogen functional groups attached to an aromatic ring is 1. The predicted octanol–water partition coefficient (Wildman–Crippen LogP) is 3.75. The van der Waals surface area contributed by atoms with Crippen molar-refractivity contribution in [2.45, 2.75) is 18.2 Å². The zero-order valence-corrected chi connectivity index (χ0v) is 17.2. The Kier molecular flexibility index (Phi) is 5.86. The van der Waals surface area contributed by atoms with Crippen LogP contribution in [0.25, 0.3) is 11.3 Å². The third kappa shape index (κ3) is 4.79. The first kappa shape index (κ1) is 20.1. The van der Waals surface area contributed by atoms with Gasteiger partial charge in [-0.3, -0.25) is 0 Å². The molecule has 1 aromatic heterocycles. The molecule has 8 heteroatoms. The summed E-state index contributed by atoms with van der Waals surface area (Å²) in [5, 5.41) is 3.88. The Hall–Kier alpha value is -2.64. The Morgan fingerprint density at radius 3 is 2.61 bits per heavy atom. The largest absolute Gasteiger partial charge is 0.370 e. The average molecular weight is 417 g/mol. The fourth-order valence-corrected chi connectivity index (χ4v) is 3.71. The number of nitrogens with one attached hydrogen (secondary N) is 1. The van der Waals surface area contributed by atoms with Crippen LogP contribution in [0.1, 0.15) is 11.1 Å². The van der Waals surface area contributed by atoms with Crippen LogP contribution in [0.3, 0.4) is 0 Å². The lowest BCUT2D eigenvalue weighted by Crippen LogP contribution is -2.09. The van der Waals surface area contributed by atoms with Crippen LogP contribution in [-0.2, 0) is 16.3 Å². The van der Waals surface area contributed by atoms with Gasteiger partial charge >= 0.3 is 0 Å². The number of hydrogen-bond acceptors (Lipinski definition) is 6. The van der Waals surface area contributed by atoms with Crippen LogP contribution in [0.2, 0.25) is 5.02 Å². The molecule has 6 nitrogen and oxygen atoms in total. The van der Waals surface area contributed by atoms with Crippen LogP contribution in [0.15, 0.2) is 53.4 Å². The van der Waals surface area contributed by atoms with Gasteiger partial charge in [0.15, 0.2) is 9.84 Å².